The Morgan fingerprint density at radius 1 is 1.27 bits per heavy atom. The molecule has 0 radical (unpaired) electrons. The van der Waals surface area contributed by atoms with Crippen molar-refractivity contribution in [2.45, 2.75) is 0 Å². The molecule has 0 aliphatic heterocycles. The lowest BCUT2D eigenvalue weighted by atomic mass is 10.1. The third-order valence-corrected chi connectivity index (χ3v) is 2.31. The zero-order chi connectivity index (χ0) is 11.4. The summed E-state index contributed by atoms with van der Waals surface area (Å²) in [5, 5.41) is 0.781. The van der Waals surface area contributed by atoms with Crippen molar-refractivity contribution in [2.75, 3.05) is 14.1 Å². The average Bonchev–Trinajstić information content (AvgIpc) is 2.18. The van der Waals surface area contributed by atoms with Gasteiger partial charge < -0.3 is 4.90 Å². The van der Waals surface area contributed by atoms with Gasteiger partial charge in [-0.15, -0.1) is 0 Å². The van der Waals surface area contributed by atoms with Gasteiger partial charge in [0.15, 0.2) is 0 Å². The van der Waals surface area contributed by atoms with Crippen LogP contribution in [0.4, 0.5) is 0 Å². The second-order valence-corrected chi connectivity index (χ2v) is 3.90. The van der Waals surface area contributed by atoms with Crippen LogP contribution in [0.5, 0.6) is 0 Å². The molecule has 1 aromatic carbocycles. The lowest BCUT2D eigenvalue weighted by Crippen LogP contribution is -2.03. The zero-order valence-electron chi connectivity index (χ0n) is 8.34. The van der Waals surface area contributed by atoms with Gasteiger partial charge in [0.2, 0.25) is 5.78 Å². The summed E-state index contributed by atoms with van der Waals surface area (Å²) in [6.45, 7) is 0. The first-order valence-electron chi connectivity index (χ1n) is 4.19. The molecule has 0 bridgehead atoms. The fraction of sp³-hybridized carbons (Fsp3) is 0.182. The quantitative estimate of drug-likeness (QED) is 0.428. The molecule has 0 saturated heterocycles. The maximum absolute atomic E-state index is 11.5. The van der Waals surface area contributed by atoms with Crippen LogP contribution in [0.1, 0.15) is 10.4 Å². The molecule has 15 heavy (non-hydrogen) atoms. The van der Waals surface area contributed by atoms with Crippen LogP contribution in [0.3, 0.4) is 0 Å². The lowest BCUT2D eigenvalue weighted by Gasteiger charge is -1.99. The van der Waals surface area contributed by atoms with Crippen LogP contribution < -0.4 is 0 Å². The summed E-state index contributed by atoms with van der Waals surface area (Å²) >= 11 is 11.5. The first kappa shape index (κ1) is 11.9. The van der Waals surface area contributed by atoms with E-state index in [0.29, 0.717) is 15.6 Å². The highest BCUT2D eigenvalue weighted by Gasteiger charge is 2.05. The second kappa shape index (κ2) is 5.06. The Labute approximate surface area is 98.8 Å². The molecule has 0 spiro atoms. The van der Waals surface area contributed by atoms with E-state index in [1.807, 2.05) is 0 Å². The number of ketones is 1. The van der Waals surface area contributed by atoms with E-state index in [0.717, 1.165) is 0 Å². The number of halogens is 2. The summed E-state index contributed by atoms with van der Waals surface area (Å²) in [6, 6.07) is 7.32. The van der Waals surface area contributed by atoms with Gasteiger partial charge in [-0.3, -0.25) is 4.79 Å². The normalized spacial score (nSPS) is 9.07. The van der Waals surface area contributed by atoms with E-state index < -0.39 is 0 Å². The summed E-state index contributed by atoms with van der Waals surface area (Å²) in [6.07, 6.45) is 0. The van der Waals surface area contributed by atoms with Crippen molar-refractivity contribution >= 4 is 29.0 Å². The fourth-order valence-corrected chi connectivity index (χ4v) is 1.17. The van der Waals surface area contributed by atoms with Crippen molar-refractivity contribution in [3.63, 3.8) is 0 Å². The van der Waals surface area contributed by atoms with Gasteiger partial charge in [-0.25, -0.2) is 0 Å². The summed E-state index contributed by atoms with van der Waals surface area (Å²) in [5.41, 5.74) is 0.443. The zero-order valence-corrected chi connectivity index (χ0v) is 9.86. The minimum absolute atomic E-state index is 0.276. The Balaban J connectivity index is 2.94. The van der Waals surface area contributed by atoms with Gasteiger partial charge in [0.05, 0.1) is 10.0 Å². The first-order valence-corrected chi connectivity index (χ1v) is 4.94. The Morgan fingerprint density at radius 2 is 1.93 bits per heavy atom. The van der Waals surface area contributed by atoms with Gasteiger partial charge >= 0.3 is 0 Å². The van der Waals surface area contributed by atoms with E-state index in [-0.39, 0.29) is 5.78 Å². The van der Waals surface area contributed by atoms with Gasteiger partial charge in [-0.2, -0.15) is 0 Å². The third-order valence-electron chi connectivity index (χ3n) is 1.57. The Bertz CT molecular complexity index is 444. The SMILES string of the molecule is CN(C)C#CC(=O)c1ccc(Cl)c(Cl)c1. The van der Waals surface area contributed by atoms with Gasteiger partial charge in [-0.05, 0) is 24.1 Å². The largest absolute Gasteiger partial charge is 0.338 e. The maximum atomic E-state index is 11.5. The van der Waals surface area contributed by atoms with Gasteiger partial charge in [0.1, 0.15) is 0 Å². The average molecular weight is 242 g/mol. The molecule has 0 aromatic heterocycles. The smallest absolute Gasteiger partial charge is 0.237 e. The summed E-state index contributed by atoms with van der Waals surface area (Å²) in [5.74, 6) is 2.20. The maximum Gasteiger partial charge on any atom is 0.237 e. The number of hydrogen-bond donors (Lipinski definition) is 0. The molecule has 0 heterocycles. The number of nitrogens with zero attached hydrogens (tertiary/aromatic N) is 1. The highest BCUT2D eigenvalue weighted by Crippen LogP contribution is 2.22. The molecule has 2 nitrogen and oxygen atoms in total. The molecule has 78 valence electrons. The molecule has 0 amide bonds. The summed E-state index contributed by atoms with van der Waals surface area (Å²) < 4.78 is 0. The molecule has 4 heteroatoms. The predicted molar refractivity (Wildman–Crippen MR) is 62.3 cm³/mol. The van der Waals surface area contributed by atoms with Crippen molar-refractivity contribution in [1.29, 1.82) is 0 Å². The number of carbonyl (C=O) groups is 1. The van der Waals surface area contributed by atoms with E-state index in [1.165, 1.54) is 6.07 Å². The predicted octanol–water partition coefficient (Wildman–Crippen LogP) is 2.70. The number of benzene rings is 1. The number of Topliss-reactive ketones (excluding diaryl/α,β-unsaturated/α-hetero) is 1. The van der Waals surface area contributed by atoms with Crippen LogP contribution in [0, 0.1) is 12.0 Å². The lowest BCUT2D eigenvalue weighted by molar-refractivity contribution is 0.105. The molecule has 0 atom stereocenters. The molecule has 0 fully saturated rings. The highest BCUT2D eigenvalue weighted by atomic mass is 35.5. The van der Waals surface area contributed by atoms with Crippen LogP contribution in [0.2, 0.25) is 10.0 Å². The fourth-order valence-electron chi connectivity index (χ4n) is 0.872. The third kappa shape index (κ3) is 3.47. The Morgan fingerprint density at radius 3 is 2.47 bits per heavy atom. The van der Waals surface area contributed by atoms with Crippen molar-refractivity contribution in [3.05, 3.63) is 33.8 Å². The first-order chi connectivity index (χ1) is 7.00. The van der Waals surface area contributed by atoms with E-state index in [4.69, 9.17) is 23.2 Å². The van der Waals surface area contributed by atoms with E-state index >= 15 is 0 Å². The van der Waals surface area contributed by atoms with Crippen LogP contribution in [-0.2, 0) is 0 Å². The molecular formula is C11H9Cl2NO. The molecule has 0 aliphatic carbocycles. The summed E-state index contributed by atoms with van der Waals surface area (Å²) in [4.78, 5) is 13.1. The highest BCUT2D eigenvalue weighted by molar-refractivity contribution is 6.42. The van der Waals surface area contributed by atoms with Crippen LogP contribution in [-0.4, -0.2) is 24.8 Å². The Hall–Kier alpha value is -1.17. The van der Waals surface area contributed by atoms with E-state index in [2.05, 4.69) is 12.0 Å². The standard InChI is InChI=1S/C11H9Cl2NO/c1-14(2)6-5-11(15)8-3-4-9(12)10(13)7-8/h3-4,7H,1-2H3. The van der Waals surface area contributed by atoms with Gasteiger partial charge in [-0.1, -0.05) is 23.2 Å². The molecule has 0 N–H and O–H groups in total. The minimum Gasteiger partial charge on any atom is -0.338 e. The second-order valence-electron chi connectivity index (χ2n) is 3.09. The van der Waals surface area contributed by atoms with Gasteiger partial charge in [0.25, 0.3) is 0 Å². The number of rotatable bonds is 1. The number of carbonyl (C=O) groups excluding carboxylic acids is 1. The minimum atomic E-state index is -0.276. The van der Waals surface area contributed by atoms with Crippen LogP contribution in [0.15, 0.2) is 18.2 Å². The monoisotopic (exact) mass is 241 g/mol. The van der Waals surface area contributed by atoms with Crippen molar-refractivity contribution in [3.8, 4) is 12.0 Å². The van der Waals surface area contributed by atoms with Crippen LogP contribution in [0.25, 0.3) is 0 Å². The topological polar surface area (TPSA) is 20.3 Å². The van der Waals surface area contributed by atoms with Crippen molar-refractivity contribution < 1.29 is 4.79 Å². The molecule has 0 unspecified atom stereocenters. The van der Waals surface area contributed by atoms with Crippen molar-refractivity contribution in [1.82, 2.24) is 4.90 Å². The molecular weight excluding hydrogens is 233 g/mol. The molecule has 1 aromatic rings. The molecule has 0 aliphatic rings. The summed E-state index contributed by atoms with van der Waals surface area (Å²) in [7, 11) is 3.52. The van der Waals surface area contributed by atoms with E-state index in [1.54, 1.807) is 31.1 Å². The van der Waals surface area contributed by atoms with Crippen LogP contribution >= 0.6 is 23.2 Å². The molecule has 0 saturated carbocycles. The van der Waals surface area contributed by atoms with E-state index in [9.17, 15) is 4.79 Å². The molecule has 1 rings (SSSR count). The van der Waals surface area contributed by atoms with Crippen molar-refractivity contribution in [2.24, 2.45) is 0 Å². The Kier molecular flexibility index (Phi) is 4.02. The number of hydrogen-bond acceptors (Lipinski definition) is 2. The van der Waals surface area contributed by atoms with Gasteiger partial charge in [0, 0.05) is 25.7 Å².